The van der Waals surface area contributed by atoms with E-state index in [4.69, 9.17) is 23.2 Å². The number of rotatable bonds is 4. The third-order valence-electron chi connectivity index (χ3n) is 6.13. The molecule has 37 heavy (non-hydrogen) atoms. The molecule has 0 bridgehead atoms. The highest BCUT2D eigenvalue weighted by molar-refractivity contribution is 7.92. The van der Waals surface area contributed by atoms with Crippen LogP contribution < -0.4 is 5.32 Å². The Morgan fingerprint density at radius 3 is 2.19 bits per heavy atom. The van der Waals surface area contributed by atoms with E-state index in [0.29, 0.717) is 39.4 Å². The van der Waals surface area contributed by atoms with Crippen molar-refractivity contribution in [3.8, 4) is 11.1 Å². The van der Waals surface area contributed by atoms with E-state index >= 15 is 0 Å². The molecule has 1 aliphatic heterocycles. The van der Waals surface area contributed by atoms with E-state index in [1.807, 2.05) is 0 Å². The lowest BCUT2D eigenvalue weighted by Gasteiger charge is -2.31. The molecule has 0 atom stereocenters. The average molecular weight is 575 g/mol. The molecule has 0 aromatic heterocycles. The van der Waals surface area contributed by atoms with Crippen molar-refractivity contribution in [1.29, 1.82) is 0 Å². The van der Waals surface area contributed by atoms with Gasteiger partial charge in [0.2, 0.25) is 0 Å². The van der Waals surface area contributed by atoms with Crippen LogP contribution in [-0.4, -0.2) is 37.7 Å². The number of nitrogens with one attached hydrogen (secondary N) is 1. The molecule has 0 unspecified atom stereocenters. The van der Waals surface area contributed by atoms with Gasteiger partial charge in [-0.15, -0.1) is 0 Å². The van der Waals surface area contributed by atoms with E-state index in [9.17, 15) is 30.8 Å². The van der Waals surface area contributed by atoms with Crippen molar-refractivity contribution in [2.75, 3.05) is 18.4 Å². The summed E-state index contributed by atoms with van der Waals surface area (Å²) >= 11 is 12.2. The maximum atomic E-state index is 14.0. The molecular formula is C25H20Cl2F4N2O3S. The van der Waals surface area contributed by atoms with Gasteiger partial charge in [0.1, 0.15) is 5.82 Å². The molecule has 1 saturated heterocycles. The maximum absolute atomic E-state index is 14.0. The molecule has 1 heterocycles. The van der Waals surface area contributed by atoms with E-state index in [-0.39, 0.29) is 30.8 Å². The fraction of sp³-hybridized carbons (Fsp3) is 0.240. The summed E-state index contributed by atoms with van der Waals surface area (Å²) in [5.74, 6) is -1.01. The number of benzene rings is 3. The van der Waals surface area contributed by atoms with E-state index in [2.05, 4.69) is 5.32 Å². The summed E-state index contributed by atoms with van der Waals surface area (Å²) < 4.78 is 79.1. The first kappa shape index (κ1) is 27.2. The second-order valence-corrected chi connectivity index (χ2v) is 11.6. The molecule has 0 aliphatic carbocycles. The van der Waals surface area contributed by atoms with Crippen LogP contribution in [0.4, 0.5) is 28.0 Å². The van der Waals surface area contributed by atoms with Gasteiger partial charge >= 0.3 is 12.2 Å². The van der Waals surface area contributed by atoms with Crippen LogP contribution in [0, 0.1) is 5.82 Å². The number of carbonyl (C=O) groups excluding carboxylic acids is 1. The summed E-state index contributed by atoms with van der Waals surface area (Å²) in [4.78, 5) is 13.9. The number of likely N-dealkylation sites (tertiary alicyclic amines) is 1. The minimum absolute atomic E-state index is 0.0365. The van der Waals surface area contributed by atoms with Gasteiger partial charge in [-0.25, -0.2) is 17.6 Å². The van der Waals surface area contributed by atoms with E-state index < -0.39 is 44.4 Å². The number of urea groups is 1. The summed E-state index contributed by atoms with van der Waals surface area (Å²) in [7, 11) is -3.71. The smallest absolute Gasteiger partial charge is 0.324 e. The molecule has 3 aromatic carbocycles. The van der Waals surface area contributed by atoms with Crippen molar-refractivity contribution < 1.29 is 30.8 Å². The number of hydrogen-bond acceptors (Lipinski definition) is 3. The number of piperidine rings is 1. The highest BCUT2D eigenvalue weighted by Crippen LogP contribution is 2.33. The molecule has 3 aromatic rings. The lowest BCUT2D eigenvalue weighted by atomic mass is 10.1. The van der Waals surface area contributed by atoms with Crippen molar-refractivity contribution in [2.24, 2.45) is 0 Å². The minimum atomic E-state index is -4.70. The fourth-order valence-electron chi connectivity index (χ4n) is 4.10. The zero-order valence-corrected chi connectivity index (χ0v) is 21.4. The molecule has 1 aliphatic rings. The average Bonchev–Trinajstić information content (AvgIpc) is 2.85. The number of amides is 2. The SMILES string of the molecule is O=C(Nc1cc(C(F)(F)F)ccc1F)N1CCC(S(=O)(=O)c2ccc(-c3ccc(Cl)cc3Cl)cc2)CC1. The summed E-state index contributed by atoms with van der Waals surface area (Å²) in [5, 5.41) is 2.30. The molecule has 0 spiro atoms. The number of alkyl halides is 3. The van der Waals surface area contributed by atoms with Crippen molar-refractivity contribution in [3.05, 3.63) is 82.1 Å². The topological polar surface area (TPSA) is 66.5 Å². The van der Waals surface area contributed by atoms with Crippen molar-refractivity contribution >= 4 is 44.8 Å². The van der Waals surface area contributed by atoms with Gasteiger partial charge in [-0.05, 0) is 60.9 Å². The normalized spacial score (nSPS) is 15.0. The fourth-order valence-corrected chi connectivity index (χ4v) is 6.35. The molecule has 0 saturated carbocycles. The number of halogens is 6. The molecule has 4 rings (SSSR count). The largest absolute Gasteiger partial charge is 0.416 e. The molecule has 196 valence electrons. The first-order valence-electron chi connectivity index (χ1n) is 11.1. The number of anilines is 1. The Morgan fingerprint density at radius 2 is 1.59 bits per heavy atom. The van der Waals surface area contributed by atoms with E-state index in [0.717, 1.165) is 0 Å². The van der Waals surface area contributed by atoms with E-state index in [1.165, 1.54) is 17.0 Å². The third-order valence-corrected chi connectivity index (χ3v) is 8.95. The molecule has 1 fully saturated rings. The van der Waals surface area contributed by atoms with Crippen LogP contribution in [0.3, 0.4) is 0 Å². The lowest BCUT2D eigenvalue weighted by molar-refractivity contribution is -0.137. The third kappa shape index (κ3) is 6.02. The van der Waals surface area contributed by atoms with E-state index in [1.54, 1.807) is 30.3 Å². The van der Waals surface area contributed by atoms with Gasteiger partial charge < -0.3 is 10.2 Å². The Labute approximate surface area is 220 Å². The Morgan fingerprint density at radius 1 is 0.946 bits per heavy atom. The van der Waals surface area contributed by atoms with Crippen LogP contribution in [-0.2, 0) is 16.0 Å². The number of nitrogens with zero attached hydrogens (tertiary/aromatic N) is 1. The van der Waals surface area contributed by atoms with Gasteiger partial charge in [-0.1, -0.05) is 41.4 Å². The van der Waals surface area contributed by atoms with Crippen LogP contribution in [0.5, 0.6) is 0 Å². The number of hydrogen-bond donors (Lipinski definition) is 1. The number of sulfone groups is 1. The molecule has 2 amide bonds. The van der Waals surface area contributed by atoms with Crippen LogP contribution in [0.1, 0.15) is 18.4 Å². The monoisotopic (exact) mass is 574 g/mol. The van der Waals surface area contributed by atoms with Crippen molar-refractivity contribution in [1.82, 2.24) is 4.90 Å². The predicted molar refractivity (Wildman–Crippen MR) is 134 cm³/mol. The number of carbonyl (C=O) groups is 1. The van der Waals surface area contributed by atoms with Crippen LogP contribution in [0.15, 0.2) is 65.6 Å². The predicted octanol–water partition coefficient (Wildman–Crippen LogP) is 7.29. The summed E-state index contributed by atoms with van der Waals surface area (Å²) in [6.07, 6.45) is -4.46. The van der Waals surface area contributed by atoms with Gasteiger partial charge in [0, 0.05) is 28.7 Å². The minimum Gasteiger partial charge on any atom is -0.324 e. The van der Waals surface area contributed by atoms with Crippen LogP contribution in [0.2, 0.25) is 10.0 Å². The molecule has 1 N–H and O–H groups in total. The summed E-state index contributed by atoms with van der Waals surface area (Å²) in [5.41, 5.74) is -0.283. The first-order valence-corrected chi connectivity index (χ1v) is 13.4. The van der Waals surface area contributed by atoms with Gasteiger partial charge in [-0.3, -0.25) is 0 Å². The second-order valence-electron chi connectivity index (χ2n) is 8.50. The highest BCUT2D eigenvalue weighted by Gasteiger charge is 2.34. The van der Waals surface area contributed by atoms with Gasteiger partial charge in [0.15, 0.2) is 9.84 Å². The highest BCUT2D eigenvalue weighted by atomic mass is 35.5. The van der Waals surface area contributed by atoms with Gasteiger partial charge in [-0.2, -0.15) is 13.2 Å². The summed E-state index contributed by atoms with van der Waals surface area (Å²) in [6, 6.07) is 12.2. The Hall–Kier alpha value is -2.82. The van der Waals surface area contributed by atoms with Gasteiger partial charge in [0.25, 0.3) is 0 Å². The summed E-state index contributed by atoms with van der Waals surface area (Å²) in [6.45, 7) is 0.0730. The maximum Gasteiger partial charge on any atom is 0.416 e. The molecule has 12 heteroatoms. The van der Waals surface area contributed by atoms with Crippen LogP contribution in [0.25, 0.3) is 11.1 Å². The Balaban J connectivity index is 1.41. The molecular weight excluding hydrogens is 555 g/mol. The first-order chi connectivity index (χ1) is 17.4. The molecule has 0 radical (unpaired) electrons. The quantitative estimate of drug-likeness (QED) is 0.333. The lowest BCUT2D eigenvalue weighted by Crippen LogP contribution is -2.44. The Kier molecular flexibility index (Phi) is 7.73. The standard InChI is InChI=1S/C25H20Cl2F4N2O3S/c26-17-4-7-20(21(27)14-17)15-1-5-18(6-2-15)37(35,36)19-9-11-33(12-10-19)24(34)32-23-13-16(25(29,30)31)3-8-22(23)28/h1-8,13-14,19H,9-12H2,(H,32,34). The van der Waals surface area contributed by atoms with Crippen LogP contribution >= 0.6 is 23.2 Å². The Bertz CT molecular complexity index is 1420. The zero-order valence-electron chi connectivity index (χ0n) is 19.0. The zero-order chi connectivity index (χ0) is 27.0. The van der Waals surface area contributed by atoms with Gasteiger partial charge in [0.05, 0.1) is 21.4 Å². The van der Waals surface area contributed by atoms with Crippen molar-refractivity contribution in [2.45, 2.75) is 29.2 Å². The second kappa shape index (κ2) is 10.5. The molecule has 5 nitrogen and oxygen atoms in total. The van der Waals surface area contributed by atoms with Crippen molar-refractivity contribution in [3.63, 3.8) is 0 Å².